The number of nitrogens with one attached hydrogen (secondary N) is 1. The van der Waals surface area contributed by atoms with Gasteiger partial charge in [0.05, 0.1) is 0 Å². The van der Waals surface area contributed by atoms with Crippen LogP contribution in [0.2, 0.25) is 0 Å². The highest BCUT2D eigenvalue weighted by Gasteiger charge is 2.43. The molecule has 0 radical (unpaired) electrons. The van der Waals surface area contributed by atoms with Crippen LogP contribution >= 0.6 is 0 Å². The highest BCUT2D eigenvalue weighted by atomic mass is 16.5. The summed E-state index contributed by atoms with van der Waals surface area (Å²) in [5.74, 6) is -0.119. The first kappa shape index (κ1) is 17.2. The summed E-state index contributed by atoms with van der Waals surface area (Å²) >= 11 is 0. The van der Waals surface area contributed by atoms with Crippen LogP contribution in [0.15, 0.2) is 60.7 Å². The molecule has 0 unspecified atom stereocenters. The minimum absolute atomic E-state index is 0.0924. The molecule has 0 bridgehead atoms. The quantitative estimate of drug-likeness (QED) is 0.842. The first-order valence-electron chi connectivity index (χ1n) is 8.21. The number of hydrogen-bond acceptors (Lipinski definition) is 2. The molecule has 0 aliphatic heterocycles. The molecule has 23 heavy (non-hydrogen) atoms. The number of carbonyl (C=O) groups is 1. The van der Waals surface area contributed by atoms with E-state index >= 15 is 0 Å². The Kier molecular flexibility index (Phi) is 5.94. The van der Waals surface area contributed by atoms with E-state index < -0.39 is 5.60 Å². The molecule has 0 aliphatic carbocycles. The fourth-order valence-corrected chi connectivity index (χ4v) is 2.65. The van der Waals surface area contributed by atoms with Gasteiger partial charge in [-0.15, -0.1) is 0 Å². The van der Waals surface area contributed by atoms with E-state index in [1.165, 1.54) is 0 Å². The van der Waals surface area contributed by atoms with Gasteiger partial charge in [-0.2, -0.15) is 0 Å². The third-order valence-electron chi connectivity index (χ3n) is 4.03. The summed E-state index contributed by atoms with van der Waals surface area (Å²) in [7, 11) is 0. The lowest BCUT2D eigenvalue weighted by Gasteiger charge is -2.34. The van der Waals surface area contributed by atoms with Gasteiger partial charge in [-0.3, -0.25) is 4.79 Å². The Labute approximate surface area is 138 Å². The molecule has 0 aliphatic rings. The van der Waals surface area contributed by atoms with E-state index in [0.29, 0.717) is 6.61 Å². The molecule has 2 aromatic rings. The minimum Gasteiger partial charge on any atom is -0.356 e. The van der Waals surface area contributed by atoms with E-state index in [1.807, 2.05) is 74.5 Å². The predicted octanol–water partition coefficient (Wildman–Crippen LogP) is 3.88. The van der Waals surface area contributed by atoms with Gasteiger partial charge in [-0.1, -0.05) is 67.6 Å². The van der Waals surface area contributed by atoms with E-state index in [4.69, 9.17) is 4.74 Å². The summed E-state index contributed by atoms with van der Waals surface area (Å²) in [4.78, 5) is 13.2. The van der Waals surface area contributed by atoms with Crippen LogP contribution < -0.4 is 5.32 Å². The zero-order valence-electron chi connectivity index (χ0n) is 14.1. The SMILES string of the molecule is CCOC(C(=O)N[C@@H](C)CC)(c1ccccc1)c1ccccc1. The fraction of sp³-hybridized carbons (Fsp3) is 0.350. The molecule has 0 saturated carbocycles. The molecule has 1 atom stereocenters. The lowest BCUT2D eigenvalue weighted by atomic mass is 9.84. The van der Waals surface area contributed by atoms with Gasteiger partial charge < -0.3 is 10.1 Å². The Morgan fingerprint density at radius 3 is 1.87 bits per heavy atom. The number of ether oxygens (including phenoxy) is 1. The second-order valence-corrected chi connectivity index (χ2v) is 5.63. The number of amides is 1. The summed E-state index contributed by atoms with van der Waals surface area (Å²) in [6.07, 6.45) is 0.873. The molecule has 2 rings (SSSR count). The molecular formula is C20H25NO2. The van der Waals surface area contributed by atoms with Crippen LogP contribution in [0, 0.1) is 0 Å². The highest BCUT2D eigenvalue weighted by molar-refractivity contribution is 5.90. The molecule has 0 fully saturated rings. The number of carbonyl (C=O) groups excluding carboxylic acids is 1. The highest BCUT2D eigenvalue weighted by Crippen LogP contribution is 2.34. The van der Waals surface area contributed by atoms with Crippen molar-refractivity contribution in [1.29, 1.82) is 0 Å². The number of rotatable bonds is 7. The Bertz CT molecular complexity index is 571. The van der Waals surface area contributed by atoms with Gasteiger partial charge in [-0.05, 0) is 31.4 Å². The molecular weight excluding hydrogens is 286 g/mol. The first-order valence-corrected chi connectivity index (χ1v) is 8.21. The maximum Gasteiger partial charge on any atom is 0.261 e. The van der Waals surface area contributed by atoms with Crippen LogP contribution in [-0.2, 0) is 15.1 Å². The predicted molar refractivity (Wildman–Crippen MR) is 93.2 cm³/mol. The number of hydrogen-bond donors (Lipinski definition) is 1. The van der Waals surface area contributed by atoms with Gasteiger partial charge in [0.2, 0.25) is 0 Å². The van der Waals surface area contributed by atoms with Crippen molar-refractivity contribution in [2.24, 2.45) is 0 Å². The Hall–Kier alpha value is -2.13. The molecule has 0 saturated heterocycles. The lowest BCUT2D eigenvalue weighted by molar-refractivity contribution is -0.143. The topological polar surface area (TPSA) is 38.3 Å². The van der Waals surface area contributed by atoms with Gasteiger partial charge in [-0.25, -0.2) is 0 Å². The minimum atomic E-state index is -1.12. The van der Waals surface area contributed by atoms with Crippen LogP contribution in [0.1, 0.15) is 38.3 Å². The van der Waals surface area contributed by atoms with Crippen molar-refractivity contribution >= 4 is 5.91 Å². The standard InChI is InChI=1S/C20H25NO2/c1-4-16(3)21-19(22)20(23-5-2,17-12-8-6-9-13-17)18-14-10-7-11-15-18/h6-16H,4-5H2,1-3H3,(H,21,22)/t16-/m0/s1. The first-order chi connectivity index (χ1) is 11.1. The Morgan fingerprint density at radius 1 is 1.00 bits per heavy atom. The third-order valence-corrected chi connectivity index (χ3v) is 4.03. The smallest absolute Gasteiger partial charge is 0.261 e. The Morgan fingerprint density at radius 2 is 1.48 bits per heavy atom. The van der Waals surface area contributed by atoms with Crippen LogP contribution in [0.5, 0.6) is 0 Å². The Balaban J connectivity index is 2.58. The van der Waals surface area contributed by atoms with E-state index in [1.54, 1.807) is 0 Å². The van der Waals surface area contributed by atoms with Gasteiger partial charge in [0.25, 0.3) is 5.91 Å². The van der Waals surface area contributed by atoms with Gasteiger partial charge in [0.1, 0.15) is 0 Å². The number of benzene rings is 2. The molecule has 1 N–H and O–H groups in total. The maximum atomic E-state index is 13.2. The normalized spacial score (nSPS) is 12.7. The van der Waals surface area contributed by atoms with E-state index in [-0.39, 0.29) is 11.9 Å². The van der Waals surface area contributed by atoms with Crippen LogP contribution in [0.4, 0.5) is 0 Å². The average molecular weight is 311 g/mol. The second kappa shape index (κ2) is 7.93. The van der Waals surface area contributed by atoms with Crippen molar-refractivity contribution in [2.75, 3.05) is 6.61 Å². The van der Waals surface area contributed by atoms with Gasteiger partial charge in [0, 0.05) is 12.6 Å². The summed E-state index contributed by atoms with van der Waals surface area (Å²) in [6.45, 7) is 6.41. The average Bonchev–Trinajstić information content (AvgIpc) is 2.61. The van der Waals surface area contributed by atoms with Crippen LogP contribution in [0.25, 0.3) is 0 Å². The van der Waals surface area contributed by atoms with Crippen molar-refractivity contribution in [3.8, 4) is 0 Å². The third kappa shape index (κ3) is 3.62. The van der Waals surface area contributed by atoms with Gasteiger partial charge in [0.15, 0.2) is 5.60 Å². The summed E-state index contributed by atoms with van der Waals surface area (Å²) in [5.41, 5.74) is 0.559. The second-order valence-electron chi connectivity index (χ2n) is 5.63. The van der Waals surface area contributed by atoms with Crippen molar-refractivity contribution in [2.45, 2.75) is 38.8 Å². The van der Waals surface area contributed by atoms with Gasteiger partial charge >= 0.3 is 0 Å². The van der Waals surface area contributed by atoms with Crippen molar-refractivity contribution in [3.05, 3.63) is 71.8 Å². The molecule has 0 aromatic heterocycles. The molecule has 1 amide bonds. The summed E-state index contributed by atoms with van der Waals surface area (Å²) < 4.78 is 6.10. The zero-order chi connectivity index (χ0) is 16.7. The van der Waals surface area contributed by atoms with Crippen LogP contribution in [-0.4, -0.2) is 18.6 Å². The zero-order valence-corrected chi connectivity index (χ0v) is 14.1. The largest absolute Gasteiger partial charge is 0.356 e. The maximum absolute atomic E-state index is 13.2. The van der Waals surface area contributed by atoms with Crippen LogP contribution in [0.3, 0.4) is 0 Å². The van der Waals surface area contributed by atoms with Crippen molar-refractivity contribution in [1.82, 2.24) is 5.32 Å². The monoisotopic (exact) mass is 311 g/mol. The summed E-state index contributed by atoms with van der Waals surface area (Å²) in [6, 6.07) is 19.5. The molecule has 3 nitrogen and oxygen atoms in total. The van der Waals surface area contributed by atoms with Crippen molar-refractivity contribution in [3.63, 3.8) is 0 Å². The fourth-order valence-electron chi connectivity index (χ4n) is 2.65. The molecule has 0 heterocycles. The molecule has 3 heteroatoms. The van der Waals surface area contributed by atoms with E-state index in [0.717, 1.165) is 17.5 Å². The lowest BCUT2D eigenvalue weighted by Crippen LogP contribution is -2.50. The molecule has 2 aromatic carbocycles. The van der Waals surface area contributed by atoms with E-state index in [9.17, 15) is 4.79 Å². The van der Waals surface area contributed by atoms with Crippen molar-refractivity contribution < 1.29 is 9.53 Å². The molecule has 0 spiro atoms. The summed E-state index contributed by atoms with van der Waals surface area (Å²) in [5, 5.41) is 3.09. The molecule has 122 valence electrons. The van der Waals surface area contributed by atoms with E-state index in [2.05, 4.69) is 12.2 Å².